The molecule has 1 aromatic carbocycles. The Morgan fingerprint density at radius 3 is 2.86 bits per heavy atom. The fourth-order valence-electron chi connectivity index (χ4n) is 1.91. The van der Waals surface area contributed by atoms with E-state index in [-0.39, 0.29) is 5.91 Å². The van der Waals surface area contributed by atoms with E-state index in [4.69, 9.17) is 17.3 Å². The number of nitrogens with one attached hydrogen (secondary N) is 2. The number of hydrogen-bond acceptors (Lipinski definition) is 4. The number of aromatic nitrogens is 2. The highest BCUT2D eigenvalue weighted by molar-refractivity contribution is 8.00. The van der Waals surface area contributed by atoms with Crippen LogP contribution in [0.1, 0.15) is 19.5 Å². The van der Waals surface area contributed by atoms with Gasteiger partial charge in [-0.05, 0) is 24.3 Å². The van der Waals surface area contributed by atoms with Crippen LogP contribution in [0.4, 0.5) is 5.69 Å². The maximum Gasteiger partial charge on any atom is 0.241 e. The molecular weight excluding hydrogens is 320 g/mol. The van der Waals surface area contributed by atoms with Gasteiger partial charge in [0.15, 0.2) is 0 Å². The number of nitrogens with zero attached hydrogens (tertiary/aromatic N) is 1. The topological polar surface area (TPSA) is 83.8 Å². The molecule has 1 amide bonds. The van der Waals surface area contributed by atoms with Crippen LogP contribution in [0.2, 0.25) is 5.02 Å². The van der Waals surface area contributed by atoms with E-state index in [1.54, 1.807) is 30.1 Å². The highest BCUT2D eigenvalue weighted by atomic mass is 35.5. The molecule has 0 radical (unpaired) electrons. The number of benzene rings is 1. The standard InChI is InChI=1S/C15H19ClN4OS/c1-9(2)22-14-4-3-10(16)7-13(14)19-15(21)12(17)8-11-5-6-18-20-11/h3-7,9,12H,8,17H2,1-2H3,(H,18,20)(H,19,21). The van der Waals surface area contributed by atoms with Gasteiger partial charge in [-0.25, -0.2) is 0 Å². The van der Waals surface area contributed by atoms with Gasteiger partial charge in [0.05, 0.1) is 11.7 Å². The van der Waals surface area contributed by atoms with Gasteiger partial charge in [0.2, 0.25) is 5.91 Å². The lowest BCUT2D eigenvalue weighted by atomic mass is 10.1. The van der Waals surface area contributed by atoms with Gasteiger partial charge in [-0.1, -0.05) is 25.4 Å². The van der Waals surface area contributed by atoms with Crippen molar-refractivity contribution in [3.8, 4) is 0 Å². The molecule has 7 heteroatoms. The third-order valence-electron chi connectivity index (χ3n) is 2.90. The first-order valence-electron chi connectivity index (χ1n) is 6.96. The Hall–Kier alpha value is -1.50. The van der Waals surface area contributed by atoms with Crippen molar-refractivity contribution in [1.29, 1.82) is 0 Å². The Balaban J connectivity index is 2.08. The minimum absolute atomic E-state index is 0.248. The smallest absolute Gasteiger partial charge is 0.241 e. The molecule has 0 aliphatic heterocycles. The molecule has 0 spiro atoms. The summed E-state index contributed by atoms with van der Waals surface area (Å²) in [6.07, 6.45) is 2.04. The van der Waals surface area contributed by atoms with Crippen molar-refractivity contribution in [2.45, 2.75) is 36.5 Å². The lowest BCUT2D eigenvalue weighted by Gasteiger charge is -2.15. The SMILES string of the molecule is CC(C)Sc1ccc(Cl)cc1NC(=O)C(N)Cc1ccn[nH]1. The number of carbonyl (C=O) groups excluding carboxylic acids is 1. The number of hydrogen-bond donors (Lipinski definition) is 3. The third-order valence-corrected chi connectivity index (χ3v) is 4.21. The van der Waals surface area contributed by atoms with E-state index in [9.17, 15) is 4.79 Å². The summed E-state index contributed by atoms with van der Waals surface area (Å²) < 4.78 is 0. The number of H-pyrrole nitrogens is 1. The number of halogens is 1. The molecule has 0 fully saturated rings. The van der Waals surface area contributed by atoms with Crippen molar-refractivity contribution in [3.05, 3.63) is 41.2 Å². The zero-order valence-corrected chi connectivity index (χ0v) is 14.0. The molecule has 2 rings (SSSR count). The minimum atomic E-state index is -0.656. The van der Waals surface area contributed by atoms with Crippen molar-refractivity contribution < 1.29 is 4.79 Å². The zero-order chi connectivity index (χ0) is 16.1. The average molecular weight is 339 g/mol. The van der Waals surface area contributed by atoms with E-state index < -0.39 is 6.04 Å². The molecule has 0 aliphatic carbocycles. The molecule has 1 unspecified atom stereocenters. The molecule has 5 nitrogen and oxygen atoms in total. The molecule has 1 heterocycles. The van der Waals surface area contributed by atoms with Gasteiger partial charge in [0.25, 0.3) is 0 Å². The van der Waals surface area contributed by atoms with Crippen LogP contribution in [0.3, 0.4) is 0 Å². The summed E-state index contributed by atoms with van der Waals surface area (Å²) in [6, 6.07) is 6.60. The predicted molar refractivity (Wildman–Crippen MR) is 91.3 cm³/mol. The molecule has 0 aliphatic rings. The monoisotopic (exact) mass is 338 g/mol. The molecule has 22 heavy (non-hydrogen) atoms. The molecule has 0 bridgehead atoms. The summed E-state index contributed by atoms with van der Waals surface area (Å²) in [5.41, 5.74) is 7.46. The summed E-state index contributed by atoms with van der Waals surface area (Å²) >= 11 is 7.69. The molecule has 0 saturated carbocycles. The van der Waals surface area contributed by atoms with Gasteiger partial charge in [-0.15, -0.1) is 11.8 Å². The molecule has 1 aromatic heterocycles. The number of thioether (sulfide) groups is 1. The predicted octanol–water partition coefficient (Wildman–Crippen LogP) is 3.07. The van der Waals surface area contributed by atoms with Crippen molar-refractivity contribution in [2.24, 2.45) is 5.73 Å². The summed E-state index contributed by atoms with van der Waals surface area (Å²) in [7, 11) is 0. The summed E-state index contributed by atoms with van der Waals surface area (Å²) in [6.45, 7) is 4.18. The molecule has 4 N–H and O–H groups in total. The lowest BCUT2D eigenvalue weighted by molar-refractivity contribution is -0.117. The van der Waals surface area contributed by atoms with Gasteiger partial charge < -0.3 is 11.1 Å². The minimum Gasteiger partial charge on any atom is -0.324 e. The first-order chi connectivity index (χ1) is 10.5. The van der Waals surface area contributed by atoms with E-state index in [2.05, 4.69) is 29.4 Å². The zero-order valence-electron chi connectivity index (χ0n) is 12.5. The van der Waals surface area contributed by atoms with Gasteiger partial charge in [-0.2, -0.15) is 5.10 Å². The molecule has 0 saturated heterocycles. The van der Waals surface area contributed by atoms with E-state index in [1.807, 2.05) is 12.1 Å². The van der Waals surface area contributed by atoms with Crippen molar-refractivity contribution in [1.82, 2.24) is 10.2 Å². The number of anilines is 1. The van der Waals surface area contributed by atoms with Gasteiger partial charge in [-0.3, -0.25) is 9.89 Å². The van der Waals surface area contributed by atoms with E-state index in [1.165, 1.54) is 0 Å². The van der Waals surface area contributed by atoms with E-state index >= 15 is 0 Å². The number of aromatic amines is 1. The fourth-order valence-corrected chi connectivity index (χ4v) is 2.97. The Labute approximate surface area is 139 Å². The van der Waals surface area contributed by atoms with Crippen LogP contribution in [-0.2, 0) is 11.2 Å². The van der Waals surface area contributed by atoms with Crippen molar-refractivity contribution in [3.63, 3.8) is 0 Å². The third kappa shape index (κ3) is 4.76. The first kappa shape index (κ1) is 16.9. The maximum atomic E-state index is 12.3. The first-order valence-corrected chi connectivity index (χ1v) is 8.22. The second-order valence-corrected chi connectivity index (χ2v) is 7.24. The van der Waals surface area contributed by atoms with Gasteiger partial charge >= 0.3 is 0 Å². The summed E-state index contributed by atoms with van der Waals surface area (Å²) in [4.78, 5) is 13.2. The maximum absolute atomic E-state index is 12.3. The Kier molecular flexibility index (Phi) is 5.88. The van der Waals surface area contributed by atoms with Crippen LogP contribution in [-0.4, -0.2) is 27.4 Å². The normalized spacial score (nSPS) is 12.4. The Morgan fingerprint density at radius 2 is 2.23 bits per heavy atom. The van der Waals surface area contributed by atoms with Crippen LogP contribution in [0.5, 0.6) is 0 Å². The van der Waals surface area contributed by atoms with Crippen molar-refractivity contribution >= 4 is 35.0 Å². The van der Waals surface area contributed by atoms with Crippen LogP contribution >= 0.6 is 23.4 Å². The van der Waals surface area contributed by atoms with Gasteiger partial charge in [0, 0.05) is 33.5 Å². The van der Waals surface area contributed by atoms with Crippen LogP contribution in [0.15, 0.2) is 35.4 Å². The second kappa shape index (κ2) is 7.67. The fraction of sp³-hybridized carbons (Fsp3) is 0.333. The molecule has 118 valence electrons. The second-order valence-electron chi connectivity index (χ2n) is 5.19. The number of amides is 1. The highest BCUT2D eigenvalue weighted by Crippen LogP contribution is 2.32. The number of nitrogens with two attached hydrogens (primary N) is 1. The quantitative estimate of drug-likeness (QED) is 0.707. The van der Waals surface area contributed by atoms with E-state index in [0.29, 0.717) is 22.4 Å². The highest BCUT2D eigenvalue weighted by Gasteiger charge is 2.17. The molecular formula is C15H19ClN4OS. The Morgan fingerprint density at radius 1 is 1.45 bits per heavy atom. The van der Waals surface area contributed by atoms with Gasteiger partial charge in [0.1, 0.15) is 0 Å². The van der Waals surface area contributed by atoms with E-state index in [0.717, 1.165) is 10.6 Å². The lowest BCUT2D eigenvalue weighted by Crippen LogP contribution is -2.37. The largest absolute Gasteiger partial charge is 0.324 e. The summed E-state index contributed by atoms with van der Waals surface area (Å²) in [5, 5.41) is 10.5. The molecule has 1 atom stereocenters. The Bertz CT molecular complexity index is 630. The van der Waals surface area contributed by atoms with Crippen LogP contribution in [0, 0.1) is 0 Å². The van der Waals surface area contributed by atoms with Crippen molar-refractivity contribution in [2.75, 3.05) is 5.32 Å². The number of carbonyl (C=O) groups is 1. The summed E-state index contributed by atoms with van der Waals surface area (Å²) in [5.74, 6) is -0.248. The van der Waals surface area contributed by atoms with Crippen LogP contribution < -0.4 is 11.1 Å². The van der Waals surface area contributed by atoms with Crippen LogP contribution in [0.25, 0.3) is 0 Å². The molecule has 2 aromatic rings. The average Bonchev–Trinajstić information content (AvgIpc) is 2.94. The number of rotatable bonds is 6.